The number of halogens is 1. The summed E-state index contributed by atoms with van der Waals surface area (Å²) in [7, 11) is 0. The second kappa shape index (κ2) is 6.00. The molecule has 1 aromatic rings. The maximum atomic E-state index is 11.8. The highest BCUT2D eigenvalue weighted by Crippen LogP contribution is 2.10. The van der Waals surface area contributed by atoms with Crippen molar-refractivity contribution in [1.82, 2.24) is 16.0 Å². The van der Waals surface area contributed by atoms with Gasteiger partial charge in [-0.3, -0.25) is 4.79 Å². The Morgan fingerprint density at radius 3 is 3.06 bits per heavy atom. The monoisotopic (exact) mass is 253 g/mol. The molecule has 0 unspecified atom stereocenters. The molecule has 5 heteroatoms. The molecule has 0 spiro atoms. The van der Waals surface area contributed by atoms with Gasteiger partial charge in [0.15, 0.2) is 0 Å². The first-order valence-corrected chi connectivity index (χ1v) is 6.10. The molecule has 1 aromatic carbocycles. The Hall–Kier alpha value is -1.10. The van der Waals surface area contributed by atoms with Gasteiger partial charge in [-0.2, -0.15) is 0 Å². The molecule has 1 fully saturated rings. The summed E-state index contributed by atoms with van der Waals surface area (Å²) in [5.74, 6) is 0.0252. The molecule has 0 saturated carbocycles. The Labute approximate surface area is 106 Å². The fourth-order valence-electron chi connectivity index (χ4n) is 1.80. The van der Waals surface area contributed by atoms with Crippen LogP contribution in [-0.4, -0.2) is 31.6 Å². The van der Waals surface area contributed by atoms with E-state index in [4.69, 9.17) is 11.6 Å². The first-order valence-electron chi connectivity index (χ1n) is 5.72. The van der Waals surface area contributed by atoms with Crippen molar-refractivity contribution in [2.24, 2.45) is 0 Å². The quantitative estimate of drug-likeness (QED) is 0.736. The minimum absolute atomic E-state index is 0.0252. The lowest BCUT2D eigenvalue weighted by Crippen LogP contribution is -2.55. The summed E-state index contributed by atoms with van der Waals surface area (Å²) in [6, 6.07) is 7.36. The van der Waals surface area contributed by atoms with Crippen molar-refractivity contribution < 1.29 is 4.79 Å². The average molecular weight is 254 g/mol. The summed E-state index contributed by atoms with van der Waals surface area (Å²) < 4.78 is 0. The number of nitrogens with one attached hydrogen (secondary N) is 3. The van der Waals surface area contributed by atoms with Crippen molar-refractivity contribution in [3.63, 3.8) is 0 Å². The van der Waals surface area contributed by atoms with Gasteiger partial charge >= 0.3 is 0 Å². The summed E-state index contributed by atoms with van der Waals surface area (Å²) in [5.41, 5.74) is 1.01. The smallest absolute Gasteiger partial charge is 0.238 e. The summed E-state index contributed by atoms with van der Waals surface area (Å²) in [6.45, 7) is 2.94. The Balaban J connectivity index is 1.83. The van der Waals surface area contributed by atoms with Crippen LogP contribution in [-0.2, 0) is 11.3 Å². The van der Waals surface area contributed by atoms with Crippen molar-refractivity contribution in [2.45, 2.75) is 12.6 Å². The fraction of sp³-hybridized carbons (Fsp3) is 0.417. The van der Waals surface area contributed by atoms with Gasteiger partial charge in [0.1, 0.15) is 0 Å². The van der Waals surface area contributed by atoms with Gasteiger partial charge in [0.05, 0.1) is 6.04 Å². The molecule has 1 aliphatic heterocycles. The molecule has 4 nitrogen and oxygen atoms in total. The molecule has 17 heavy (non-hydrogen) atoms. The van der Waals surface area contributed by atoms with E-state index in [1.165, 1.54) is 0 Å². The van der Waals surface area contributed by atoms with E-state index in [-0.39, 0.29) is 11.9 Å². The summed E-state index contributed by atoms with van der Waals surface area (Å²) >= 11 is 5.87. The molecule has 0 aliphatic carbocycles. The van der Waals surface area contributed by atoms with E-state index in [1.54, 1.807) is 0 Å². The predicted octanol–water partition coefficient (Wildman–Crippen LogP) is 0.518. The molecular formula is C12H16ClN3O. The molecule has 1 saturated heterocycles. The van der Waals surface area contributed by atoms with Crippen LogP contribution < -0.4 is 16.0 Å². The van der Waals surface area contributed by atoms with Crippen LogP contribution in [0.15, 0.2) is 24.3 Å². The first kappa shape index (κ1) is 12.4. The molecular weight excluding hydrogens is 238 g/mol. The summed E-state index contributed by atoms with van der Waals surface area (Å²) in [4.78, 5) is 11.8. The van der Waals surface area contributed by atoms with Crippen molar-refractivity contribution >= 4 is 17.5 Å². The van der Waals surface area contributed by atoms with Crippen LogP contribution in [0, 0.1) is 0 Å². The van der Waals surface area contributed by atoms with E-state index in [0.29, 0.717) is 18.1 Å². The van der Waals surface area contributed by atoms with Gasteiger partial charge in [0, 0.05) is 31.2 Å². The Kier molecular flexibility index (Phi) is 4.36. The number of hydrogen-bond acceptors (Lipinski definition) is 3. The van der Waals surface area contributed by atoms with Crippen LogP contribution in [0.1, 0.15) is 5.56 Å². The first-order chi connectivity index (χ1) is 8.25. The van der Waals surface area contributed by atoms with Gasteiger partial charge in [-0.05, 0) is 17.7 Å². The van der Waals surface area contributed by atoms with Gasteiger partial charge in [-0.15, -0.1) is 0 Å². The lowest BCUT2D eigenvalue weighted by atomic mass is 10.2. The second-order valence-corrected chi connectivity index (χ2v) is 4.49. The number of benzene rings is 1. The molecule has 0 bridgehead atoms. The molecule has 92 valence electrons. The molecule has 1 amide bonds. The minimum Gasteiger partial charge on any atom is -0.351 e. The lowest BCUT2D eigenvalue weighted by Gasteiger charge is -2.23. The van der Waals surface area contributed by atoms with Gasteiger partial charge < -0.3 is 16.0 Å². The number of rotatable bonds is 3. The fourth-order valence-corrected chi connectivity index (χ4v) is 2.01. The van der Waals surface area contributed by atoms with E-state index in [0.717, 1.165) is 18.7 Å². The van der Waals surface area contributed by atoms with Gasteiger partial charge in [-0.1, -0.05) is 23.7 Å². The van der Waals surface area contributed by atoms with Crippen molar-refractivity contribution in [3.05, 3.63) is 34.9 Å². The Morgan fingerprint density at radius 2 is 2.35 bits per heavy atom. The summed E-state index contributed by atoms with van der Waals surface area (Å²) in [5, 5.41) is 9.93. The highest BCUT2D eigenvalue weighted by molar-refractivity contribution is 6.30. The van der Waals surface area contributed by atoms with Gasteiger partial charge in [0.2, 0.25) is 5.91 Å². The normalized spacial score (nSPS) is 19.9. The highest BCUT2D eigenvalue weighted by atomic mass is 35.5. The van der Waals surface area contributed by atoms with E-state index < -0.39 is 0 Å². The maximum Gasteiger partial charge on any atom is 0.238 e. The van der Waals surface area contributed by atoms with Crippen LogP contribution in [0.3, 0.4) is 0 Å². The minimum atomic E-state index is -0.136. The van der Waals surface area contributed by atoms with Crippen LogP contribution >= 0.6 is 11.6 Å². The van der Waals surface area contributed by atoms with Crippen molar-refractivity contribution in [3.8, 4) is 0 Å². The van der Waals surface area contributed by atoms with E-state index in [9.17, 15) is 4.79 Å². The number of piperazine rings is 1. The predicted molar refractivity (Wildman–Crippen MR) is 68.0 cm³/mol. The zero-order valence-corrected chi connectivity index (χ0v) is 10.3. The van der Waals surface area contributed by atoms with Crippen molar-refractivity contribution in [1.29, 1.82) is 0 Å². The Morgan fingerprint density at radius 1 is 1.47 bits per heavy atom. The molecule has 0 radical (unpaired) electrons. The van der Waals surface area contributed by atoms with E-state index in [1.807, 2.05) is 24.3 Å². The third-order valence-corrected chi connectivity index (χ3v) is 2.95. The summed E-state index contributed by atoms with van der Waals surface area (Å²) in [6.07, 6.45) is 0. The average Bonchev–Trinajstić information content (AvgIpc) is 2.37. The topological polar surface area (TPSA) is 53.2 Å². The van der Waals surface area contributed by atoms with Crippen LogP contribution in [0.2, 0.25) is 5.02 Å². The van der Waals surface area contributed by atoms with Crippen molar-refractivity contribution in [2.75, 3.05) is 19.6 Å². The largest absolute Gasteiger partial charge is 0.351 e. The molecule has 1 atom stereocenters. The zero-order valence-electron chi connectivity index (χ0n) is 9.50. The van der Waals surface area contributed by atoms with Gasteiger partial charge in [0.25, 0.3) is 0 Å². The number of carbonyl (C=O) groups excluding carboxylic acids is 1. The third kappa shape index (κ3) is 3.70. The Bertz CT molecular complexity index is 391. The number of amides is 1. The molecule has 1 heterocycles. The lowest BCUT2D eigenvalue weighted by molar-refractivity contribution is -0.123. The molecule has 3 N–H and O–H groups in total. The SMILES string of the molecule is O=C(NCc1cccc(Cl)c1)[C@@H]1CNCCN1. The standard InChI is InChI=1S/C12H16ClN3O/c13-10-3-1-2-9(6-10)7-16-12(17)11-8-14-4-5-15-11/h1-3,6,11,14-15H,4-5,7-8H2,(H,16,17)/t11-/m0/s1. The highest BCUT2D eigenvalue weighted by Gasteiger charge is 2.19. The third-order valence-electron chi connectivity index (χ3n) is 2.71. The van der Waals surface area contributed by atoms with Crippen LogP contribution in [0.5, 0.6) is 0 Å². The van der Waals surface area contributed by atoms with Crippen LogP contribution in [0.25, 0.3) is 0 Å². The van der Waals surface area contributed by atoms with Gasteiger partial charge in [-0.25, -0.2) is 0 Å². The number of hydrogen-bond donors (Lipinski definition) is 3. The molecule has 1 aliphatic rings. The molecule has 2 rings (SSSR count). The second-order valence-electron chi connectivity index (χ2n) is 4.06. The van der Waals surface area contributed by atoms with E-state index >= 15 is 0 Å². The number of carbonyl (C=O) groups is 1. The van der Waals surface area contributed by atoms with Crippen LogP contribution in [0.4, 0.5) is 0 Å². The molecule has 0 aromatic heterocycles. The zero-order chi connectivity index (χ0) is 12.1. The maximum absolute atomic E-state index is 11.8. The van der Waals surface area contributed by atoms with E-state index in [2.05, 4.69) is 16.0 Å².